The van der Waals surface area contributed by atoms with Crippen molar-refractivity contribution in [2.45, 2.75) is 84.7 Å². The normalized spacial score (nSPS) is 14.8. The van der Waals surface area contributed by atoms with Crippen molar-refractivity contribution in [2.75, 3.05) is 51.2 Å². The van der Waals surface area contributed by atoms with Crippen LogP contribution in [-0.4, -0.2) is 95.9 Å². The van der Waals surface area contributed by atoms with Crippen LogP contribution in [0.25, 0.3) is 0 Å². The van der Waals surface area contributed by atoms with Crippen molar-refractivity contribution in [1.29, 1.82) is 0 Å². The first-order chi connectivity index (χ1) is 18.6. The molecular weight excluding hydrogens is 490 g/mol. The van der Waals surface area contributed by atoms with Gasteiger partial charge in [-0.15, -0.1) is 0 Å². The summed E-state index contributed by atoms with van der Waals surface area (Å²) < 4.78 is 6.53. The molecule has 0 heterocycles. The van der Waals surface area contributed by atoms with Crippen molar-refractivity contribution in [3.63, 3.8) is 0 Å². The van der Waals surface area contributed by atoms with E-state index in [0.29, 0.717) is 32.7 Å². The van der Waals surface area contributed by atoms with E-state index in [4.69, 9.17) is 4.74 Å². The molecule has 0 amide bonds. The Kier molecular flexibility index (Phi) is 14.8. The molecule has 0 saturated heterocycles. The Morgan fingerprint density at radius 2 is 1.15 bits per heavy atom. The Balaban J connectivity index is 2.10. The fourth-order valence-corrected chi connectivity index (χ4v) is 4.87. The molecule has 0 radical (unpaired) electrons. The van der Waals surface area contributed by atoms with Gasteiger partial charge in [-0.05, 0) is 76.9 Å². The van der Waals surface area contributed by atoms with Crippen LogP contribution in [0.2, 0.25) is 0 Å². The molecule has 2 aromatic rings. The van der Waals surface area contributed by atoms with Crippen molar-refractivity contribution in [3.8, 4) is 5.75 Å². The molecule has 2 rings (SSSR count). The van der Waals surface area contributed by atoms with Crippen LogP contribution in [0.4, 0.5) is 11.4 Å². The summed E-state index contributed by atoms with van der Waals surface area (Å²) in [5.74, 6) is 0.847. The lowest BCUT2D eigenvalue weighted by Gasteiger charge is -2.32. The Hall–Kier alpha value is -2.16. The fraction of sp³-hybridized carbons (Fsp3) is 0.625. The van der Waals surface area contributed by atoms with E-state index in [1.807, 2.05) is 19.1 Å². The number of anilines is 2. The number of nitrogens with zero attached hydrogens (tertiary/aromatic N) is 3. The summed E-state index contributed by atoms with van der Waals surface area (Å²) in [4.78, 5) is 6.50. The summed E-state index contributed by atoms with van der Waals surface area (Å²) >= 11 is 0. The maximum Gasteiger partial charge on any atom is 0.119 e. The van der Waals surface area contributed by atoms with Crippen LogP contribution in [0.3, 0.4) is 0 Å². The first kappa shape index (κ1) is 33.0. The Morgan fingerprint density at radius 1 is 0.692 bits per heavy atom. The molecule has 0 aliphatic heterocycles. The second-order valence-corrected chi connectivity index (χ2v) is 11.2. The van der Waals surface area contributed by atoms with Crippen molar-refractivity contribution in [3.05, 3.63) is 54.1 Å². The highest BCUT2D eigenvalue weighted by molar-refractivity contribution is 5.63. The van der Waals surface area contributed by atoms with Crippen LogP contribution in [0.15, 0.2) is 48.5 Å². The van der Waals surface area contributed by atoms with E-state index < -0.39 is 18.3 Å². The summed E-state index contributed by atoms with van der Waals surface area (Å²) in [5.41, 5.74) is 3.48. The van der Waals surface area contributed by atoms with Crippen molar-refractivity contribution in [2.24, 2.45) is 0 Å². The minimum absolute atomic E-state index is 0.00189. The predicted octanol–water partition coefficient (Wildman–Crippen LogP) is 4.84. The summed E-state index contributed by atoms with van der Waals surface area (Å²) in [6.07, 6.45) is 2.95. The number of hydrogen-bond acceptors (Lipinski definition) is 7. The van der Waals surface area contributed by atoms with Crippen molar-refractivity contribution < 1.29 is 20.1 Å². The molecule has 0 spiro atoms. The maximum absolute atomic E-state index is 10.2. The van der Waals surface area contributed by atoms with E-state index in [1.54, 1.807) is 13.8 Å². The smallest absolute Gasteiger partial charge is 0.119 e. The van der Waals surface area contributed by atoms with Gasteiger partial charge < -0.3 is 25.0 Å². The minimum atomic E-state index is -0.466. The van der Waals surface area contributed by atoms with Crippen LogP contribution in [0.1, 0.15) is 58.9 Å². The minimum Gasteiger partial charge on any atom is -0.489 e. The molecule has 39 heavy (non-hydrogen) atoms. The molecule has 0 fully saturated rings. The third-order valence-electron chi connectivity index (χ3n) is 6.84. The summed E-state index contributed by atoms with van der Waals surface area (Å²) in [6.45, 7) is 13.3. The summed E-state index contributed by atoms with van der Waals surface area (Å²) in [6, 6.07) is 16.8. The molecule has 2 aromatic carbocycles. The molecule has 0 aliphatic rings. The predicted molar refractivity (Wildman–Crippen MR) is 162 cm³/mol. The molecule has 7 nitrogen and oxygen atoms in total. The number of benzene rings is 2. The van der Waals surface area contributed by atoms with Gasteiger partial charge in [0.05, 0.1) is 18.3 Å². The van der Waals surface area contributed by atoms with Gasteiger partial charge in [0.1, 0.15) is 11.9 Å². The van der Waals surface area contributed by atoms with Crippen LogP contribution in [-0.2, 0) is 0 Å². The highest BCUT2D eigenvalue weighted by atomic mass is 16.5. The third-order valence-corrected chi connectivity index (χ3v) is 6.84. The van der Waals surface area contributed by atoms with E-state index in [9.17, 15) is 15.3 Å². The highest BCUT2D eigenvalue weighted by Gasteiger charge is 2.20. The van der Waals surface area contributed by atoms with Gasteiger partial charge in [0.2, 0.25) is 0 Å². The molecule has 7 heteroatoms. The highest BCUT2D eigenvalue weighted by Crippen LogP contribution is 2.26. The first-order valence-electron chi connectivity index (χ1n) is 14.6. The lowest BCUT2D eigenvalue weighted by Crippen LogP contribution is -2.45. The number of rotatable bonds is 19. The molecule has 4 unspecified atom stereocenters. The van der Waals surface area contributed by atoms with Crippen LogP contribution in [0, 0.1) is 6.92 Å². The van der Waals surface area contributed by atoms with Gasteiger partial charge in [-0.3, -0.25) is 9.80 Å². The van der Waals surface area contributed by atoms with E-state index in [1.165, 1.54) is 5.56 Å². The lowest BCUT2D eigenvalue weighted by atomic mass is 10.1. The number of aliphatic hydroxyl groups is 3. The Morgan fingerprint density at radius 3 is 1.62 bits per heavy atom. The number of unbranched alkanes of at least 4 members (excludes halogenated alkanes) is 2. The van der Waals surface area contributed by atoms with Crippen molar-refractivity contribution >= 4 is 11.4 Å². The zero-order valence-electron chi connectivity index (χ0n) is 25.1. The first-order valence-corrected chi connectivity index (χ1v) is 14.6. The van der Waals surface area contributed by atoms with Crippen LogP contribution >= 0.6 is 0 Å². The number of aliphatic hydroxyl groups excluding tert-OH is 3. The van der Waals surface area contributed by atoms with E-state index in [-0.39, 0.29) is 6.10 Å². The van der Waals surface area contributed by atoms with Gasteiger partial charge in [-0.2, -0.15) is 0 Å². The van der Waals surface area contributed by atoms with Crippen LogP contribution < -0.4 is 9.64 Å². The number of hydrogen-bond donors (Lipinski definition) is 3. The quantitative estimate of drug-likeness (QED) is 0.219. The van der Waals surface area contributed by atoms with Gasteiger partial charge in [-0.1, -0.05) is 37.5 Å². The molecule has 0 aromatic heterocycles. The summed E-state index contributed by atoms with van der Waals surface area (Å²) in [5, 5.41) is 30.0. The Labute approximate surface area is 237 Å². The third kappa shape index (κ3) is 13.2. The topological polar surface area (TPSA) is 79.6 Å². The molecule has 0 aliphatic carbocycles. The van der Waals surface area contributed by atoms with Gasteiger partial charge >= 0.3 is 0 Å². The summed E-state index contributed by atoms with van der Waals surface area (Å²) in [7, 11) is 2.07. The largest absolute Gasteiger partial charge is 0.489 e. The monoisotopic (exact) mass is 543 g/mol. The maximum atomic E-state index is 10.2. The fourth-order valence-electron chi connectivity index (χ4n) is 4.87. The zero-order chi connectivity index (χ0) is 28.8. The molecular formula is C32H53N3O4. The average molecular weight is 544 g/mol. The van der Waals surface area contributed by atoms with E-state index in [2.05, 4.69) is 72.0 Å². The Bertz CT molecular complexity index is 893. The zero-order valence-corrected chi connectivity index (χ0v) is 25.1. The molecule has 0 saturated carbocycles. The van der Waals surface area contributed by atoms with Crippen molar-refractivity contribution in [1.82, 2.24) is 9.80 Å². The number of ether oxygens (including phenoxy) is 1. The molecule has 0 bridgehead atoms. The van der Waals surface area contributed by atoms with Gasteiger partial charge in [0, 0.05) is 57.7 Å². The molecule has 3 N–H and O–H groups in total. The molecule has 220 valence electrons. The lowest BCUT2D eigenvalue weighted by molar-refractivity contribution is 0.0537. The van der Waals surface area contributed by atoms with Gasteiger partial charge in [0.25, 0.3) is 0 Å². The second-order valence-electron chi connectivity index (χ2n) is 11.2. The van der Waals surface area contributed by atoms with E-state index >= 15 is 0 Å². The second kappa shape index (κ2) is 17.5. The van der Waals surface area contributed by atoms with Gasteiger partial charge in [-0.25, -0.2) is 0 Å². The number of aryl methyl sites for hydroxylation is 1. The SMILES string of the molecule is CCCCCC(CN(CCN(CC(C)O)CC(C)O)CC(C)O)Oc1ccc(N(C)c2ccc(C)cc2)cc1. The van der Waals surface area contributed by atoms with Crippen LogP contribution in [0.5, 0.6) is 5.75 Å². The standard InChI is InChI=1S/C32H53N3O4/c1-7-8-9-10-32(24-35(23-28(5)38)20-19-34(21-26(3)36)22-27(4)37)39-31-17-15-30(16-18-31)33(6)29-13-11-25(2)12-14-29/h11-18,26-28,32,36-38H,7-10,19-24H2,1-6H3. The van der Waals surface area contributed by atoms with Gasteiger partial charge in [0.15, 0.2) is 0 Å². The molecule has 4 atom stereocenters. The average Bonchev–Trinajstić information content (AvgIpc) is 2.86. The van der Waals surface area contributed by atoms with E-state index in [0.717, 1.165) is 49.4 Å².